The highest BCUT2D eigenvalue weighted by Gasteiger charge is 2.22. The Morgan fingerprint density at radius 1 is 1.32 bits per heavy atom. The molecule has 2 atom stereocenters. The molecular formula is C16H27NO2. The molecule has 0 aliphatic heterocycles. The lowest BCUT2D eigenvalue weighted by atomic mass is 10.0. The lowest BCUT2D eigenvalue weighted by Crippen LogP contribution is -2.40. The fourth-order valence-electron chi connectivity index (χ4n) is 2.29. The van der Waals surface area contributed by atoms with Gasteiger partial charge in [0.15, 0.2) is 0 Å². The topological polar surface area (TPSA) is 32.7 Å². The lowest BCUT2D eigenvalue weighted by molar-refractivity contribution is 0.0858. The van der Waals surface area contributed by atoms with E-state index in [9.17, 15) is 5.11 Å². The van der Waals surface area contributed by atoms with Crippen LogP contribution >= 0.6 is 0 Å². The van der Waals surface area contributed by atoms with Crippen LogP contribution in [-0.2, 0) is 4.74 Å². The minimum Gasteiger partial charge on any atom is -0.385 e. The molecule has 0 aromatic heterocycles. The molecule has 0 aliphatic rings. The van der Waals surface area contributed by atoms with E-state index in [0.29, 0.717) is 6.61 Å². The molecule has 0 fully saturated rings. The standard InChI is InChI=1S/C16H27NO2/c1-6-17(16(18)14(4)9-10-19-5)15-11-12(2)7-8-13(15)3/h7-8,11,14,16,18H,6,9-10H2,1-5H3/t14-,16?/m0/s1. The van der Waals surface area contributed by atoms with Crippen molar-refractivity contribution >= 4 is 5.69 Å². The second-order valence-electron chi connectivity index (χ2n) is 5.25. The second kappa shape index (κ2) is 7.51. The van der Waals surface area contributed by atoms with Crippen LogP contribution in [0.5, 0.6) is 0 Å². The monoisotopic (exact) mass is 265 g/mol. The van der Waals surface area contributed by atoms with Gasteiger partial charge >= 0.3 is 0 Å². The summed E-state index contributed by atoms with van der Waals surface area (Å²) < 4.78 is 5.09. The van der Waals surface area contributed by atoms with Crippen molar-refractivity contribution in [3.05, 3.63) is 29.3 Å². The predicted molar refractivity (Wildman–Crippen MR) is 80.6 cm³/mol. The molecule has 1 N–H and O–H groups in total. The number of nitrogens with zero attached hydrogens (tertiary/aromatic N) is 1. The maximum Gasteiger partial charge on any atom is 0.129 e. The minimum absolute atomic E-state index is 0.180. The van der Waals surface area contributed by atoms with Gasteiger partial charge < -0.3 is 14.7 Å². The van der Waals surface area contributed by atoms with Crippen molar-refractivity contribution in [3.63, 3.8) is 0 Å². The Kier molecular flexibility index (Phi) is 6.32. The van der Waals surface area contributed by atoms with Crippen LogP contribution in [0.2, 0.25) is 0 Å². The smallest absolute Gasteiger partial charge is 0.129 e. The van der Waals surface area contributed by atoms with Crippen LogP contribution in [0.25, 0.3) is 0 Å². The molecule has 1 aromatic rings. The number of aliphatic hydroxyl groups is 1. The first-order valence-corrected chi connectivity index (χ1v) is 7.02. The first-order valence-electron chi connectivity index (χ1n) is 7.02. The van der Waals surface area contributed by atoms with Crippen LogP contribution in [0, 0.1) is 19.8 Å². The minimum atomic E-state index is -0.472. The molecule has 0 spiro atoms. The van der Waals surface area contributed by atoms with Crippen molar-refractivity contribution in [2.45, 2.75) is 40.3 Å². The maximum absolute atomic E-state index is 10.5. The summed E-state index contributed by atoms with van der Waals surface area (Å²) in [6.07, 6.45) is 0.389. The summed E-state index contributed by atoms with van der Waals surface area (Å²) in [4.78, 5) is 2.07. The van der Waals surface area contributed by atoms with Crippen LogP contribution in [0.4, 0.5) is 5.69 Å². The van der Waals surface area contributed by atoms with E-state index in [1.54, 1.807) is 7.11 Å². The SMILES string of the molecule is CCN(c1cc(C)ccc1C)C(O)[C@@H](C)CCOC. The van der Waals surface area contributed by atoms with E-state index in [1.807, 2.05) is 0 Å². The summed E-state index contributed by atoms with van der Waals surface area (Å²) in [7, 11) is 1.70. The van der Waals surface area contributed by atoms with Crippen LogP contribution in [0.3, 0.4) is 0 Å². The van der Waals surface area contributed by atoms with Crippen molar-refractivity contribution in [1.29, 1.82) is 0 Å². The van der Waals surface area contributed by atoms with Gasteiger partial charge in [-0.15, -0.1) is 0 Å². The number of benzene rings is 1. The molecule has 1 unspecified atom stereocenters. The zero-order valence-corrected chi connectivity index (χ0v) is 12.8. The molecule has 1 rings (SSSR count). The Morgan fingerprint density at radius 2 is 2.00 bits per heavy atom. The Labute approximate surface area is 117 Å². The van der Waals surface area contributed by atoms with Crippen molar-refractivity contribution < 1.29 is 9.84 Å². The van der Waals surface area contributed by atoms with Gasteiger partial charge in [-0.2, -0.15) is 0 Å². The molecular weight excluding hydrogens is 238 g/mol. The van der Waals surface area contributed by atoms with Crippen LogP contribution < -0.4 is 4.90 Å². The van der Waals surface area contributed by atoms with Gasteiger partial charge in [-0.3, -0.25) is 0 Å². The number of aliphatic hydroxyl groups excluding tert-OH is 1. The zero-order chi connectivity index (χ0) is 14.4. The zero-order valence-electron chi connectivity index (χ0n) is 12.8. The van der Waals surface area contributed by atoms with Crippen LogP contribution in [-0.4, -0.2) is 31.6 Å². The maximum atomic E-state index is 10.5. The first-order chi connectivity index (χ1) is 9.01. The van der Waals surface area contributed by atoms with Gasteiger partial charge in [0.05, 0.1) is 0 Å². The van der Waals surface area contributed by atoms with Gasteiger partial charge in [0.2, 0.25) is 0 Å². The lowest BCUT2D eigenvalue weighted by Gasteiger charge is -2.34. The summed E-state index contributed by atoms with van der Waals surface area (Å²) in [5, 5.41) is 10.5. The number of hydrogen-bond donors (Lipinski definition) is 1. The average molecular weight is 265 g/mol. The van der Waals surface area contributed by atoms with Gasteiger partial charge in [-0.1, -0.05) is 19.1 Å². The van der Waals surface area contributed by atoms with Gasteiger partial charge in [-0.25, -0.2) is 0 Å². The number of anilines is 1. The van der Waals surface area contributed by atoms with Crippen molar-refractivity contribution in [2.75, 3.05) is 25.2 Å². The summed E-state index contributed by atoms with van der Waals surface area (Å²) in [5.41, 5.74) is 3.54. The molecule has 0 bridgehead atoms. The highest BCUT2D eigenvalue weighted by molar-refractivity contribution is 5.55. The molecule has 3 nitrogen and oxygen atoms in total. The largest absolute Gasteiger partial charge is 0.385 e. The third kappa shape index (κ3) is 4.22. The average Bonchev–Trinajstić information content (AvgIpc) is 2.40. The highest BCUT2D eigenvalue weighted by atomic mass is 16.5. The molecule has 1 aromatic carbocycles. The van der Waals surface area contributed by atoms with E-state index >= 15 is 0 Å². The fraction of sp³-hybridized carbons (Fsp3) is 0.625. The number of hydrogen-bond acceptors (Lipinski definition) is 3. The molecule has 0 amide bonds. The normalized spacial score (nSPS) is 14.2. The third-order valence-corrected chi connectivity index (χ3v) is 3.62. The predicted octanol–water partition coefficient (Wildman–Crippen LogP) is 3.12. The van der Waals surface area contributed by atoms with Crippen LogP contribution in [0.15, 0.2) is 18.2 Å². The third-order valence-electron chi connectivity index (χ3n) is 3.62. The Bertz CT molecular complexity index is 392. The van der Waals surface area contributed by atoms with Gasteiger partial charge in [0.1, 0.15) is 6.23 Å². The van der Waals surface area contributed by atoms with Gasteiger partial charge in [-0.05, 0) is 44.4 Å². The van der Waals surface area contributed by atoms with Crippen molar-refractivity contribution in [3.8, 4) is 0 Å². The Balaban J connectivity index is 2.89. The van der Waals surface area contributed by atoms with E-state index in [1.165, 1.54) is 11.1 Å². The molecule has 19 heavy (non-hydrogen) atoms. The number of rotatable bonds is 7. The molecule has 0 saturated carbocycles. The summed E-state index contributed by atoms with van der Waals surface area (Å²) >= 11 is 0. The van der Waals surface area contributed by atoms with E-state index in [0.717, 1.165) is 18.7 Å². The van der Waals surface area contributed by atoms with Crippen molar-refractivity contribution in [2.24, 2.45) is 5.92 Å². The van der Waals surface area contributed by atoms with Gasteiger partial charge in [0.25, 0.3) is 0 Å². The van der Waals surface area contributed by atoms with E-state index in [2.05, 4.69) is 50.8 Å². The van der Waals surface area contributed by atoms with E-state index in [4.69, 9.17) is 4.74 Å². The number of aryl methyl sites for hydroxylation is 2. The number of methoxy groups -OCH3 is 1. The Morgan fingerprint density at radius 3 is 2.58 bits per heavy atom. The molecule has 3 heteroatoms. The molecule has 108 valence electrons. The fourth-order valence-corrected chi connectivity index (χ4v) is 2.29. The molecule has 0 heterocycles. The number of ether oxygens (including phenoxy) is 1. The summed E-state index contributed by atoms with van der Waals surface area (Å²) in [6, 6.07) is 6.36. The molecule has 0 saturated heterocycles. The first kappa shape index (κ1) is 16.0. The van der Waals surface area contributed by atoms with E-state index < -0.39 is 6.23 Å². The second-order valence-corrected chi connectivity index (χ2v) is 5.25. The highest BCUT2D eigenvalue weighted by Crippen LogP contribution is 2.25. The molecule has 0 radical (unpaired) electrons. The van der Waals surface area contributed by atoms with Crippen LogP contribution in [0.1, 0.15) is 31.4 Å². The Hall–Kier alpha value is -1.06. The summed E-state index contributed by atoms with van der Waals surface area (Å²) in [6.45, 7) is 9.79. The summed E-state index contributed by atoms with van der Waals surface area (Å²) in [5.74, 6) is 0.180. The van der Waals surface area contributed by atoms with Crippen molar-refractivity contribution in [1.82, 2.24) is 0 Å². The van der Waals surface area contributed by atoms with E-state index in [-0.39, 0.29) is 5.92 Å². The quantitative estimate of drug-likeness (QED) is 0.769. The van der Waals surface area contributed by atoms with Gasteiger partial charge in [0, 0.05) is 31.9 Å². The molecule has 0 aliphatic carbocycles.